The van der Waals surface area contributed by atoms with Gasteiger partial charge in [-0.05, 0) is 34.3 Å². The number of halogens is 3. The van der Waals surface area contributed by atoms with Crippen molar-refractivity contribution in [3.8, 4) is 0 Å². The molecule has 0 bridgehead atoms. The van der Waals surface area contributed by atoms with Crippen molar-refractivity contribution in [3.05, 3.63) is 28.2 Å². The quantitative estimate of drug-likeness (QED) is 0.787. The van der Waals surface area contributed by atoms with Crippen LogP contribution in [0.2, 0.25) is 0 Å². The summed E-state index contributed by atoms with van der Waals surface area (Å²) in [5.41, 5.74) is 0. The maximum absolute atomic E-state index is 13.7. The number of benzene rings is 1. The average molecular weight is 386 g/mol. The lowest BCUT2D eigenvalue weighted by Gasteiger charge is -2.17. The van der Waals surface area contributed by atoms with E-state index in [0.717, 1.165) is 6.07 Å². The number of hydrogen-bond donors (Lipinski definition) is 2. The predicted molar refractivity (Wildman–Crippen MR) is 75.3 cm³/mol. The first-order valence-corrected chi connectivity index (χ1v) is 8.22. The van der Waals surface area contributed by atoms with Gasteiger partial charge >= 0.3 is 5.97 Å². The molecule has 0 aliphatic carbocycles. The molecular weight excluding hydrogens is 372 g/mol. The molecule has 1 rings (SSSR count). The highest BCUT2D eigenvalue weighted by Crippen LogP contribution is 2.26. The smallest absolute Gasteiger partial charge is 0.321 e. The van der Waals surface area contributed by atoms with Gasteiger partial charge in [-0.15, -0.1) is 0 Å². The number of rotatable bonds is 6. The number of carboxylic acid groups (broad SMARTS) is 1. The number of carboxylic acids is 1. The molecule has 5 nitrogen and oxygen atoms in total. The van der Waals surface area contributed by atoms with Gasteiger partial charge in [0, 0.05) is 10.5 Å². The fraction of sp³-hybridized carbons (Fsp3) is 0.417. The van der Waals surface area contributed by atoms with Gasteiger partial charge in [0.05, 0.1) is 0 Å². The van der Waals surface area contributed by atoms with Crippen molar-refractivity contribution in [3.63, 3.8) is 0 Å². The Morgan fingerprint density at radius 3 is 2.38 bits per heavy atom. The number of sulfonamides is 1. The fourth-order valence-electron chi connectivity index (χ4n) is 1.70. The van der Waals surface area contributed by atoms with E-state index in [0.29, 0.717) is 6.07 Å². The summed E-state index contributed by atoms with van der Waals surface area (Å²) in [5, 5.41) is 9.02. The molecule has 1 aromatic rings. The molecule has 0 heterocycles. The fourth-order valence-corrected chi connectivity index (χ4v) is 4.07. The summed E-state index contributed by atoms with van der Waals surface area (Å²) in [6.07, 6.45) is 0.0367. The maximum Gasteiger partial charge on any atom is 0.321 e. The summed E-state index contributed by atoms with van der Waals surface area (Å²) < 4.78 is 52.5. The van der Waals surface area contributed by atoms with Crippen molar-refractivity contribution in [1.82, 2.24) is 4.72 Å². The van der Waals surface area contributed by atoms with Crippen molar-refractivity contribution in [2.75, 3.05) is 0 Å². The molecule has 0 radical (unpaired) electrons. The second kappa shape index (κ2) is 6.80. The van der Waals surface area contributed by atoms with Gasteiger partial charge in [0.1, 0.15) is 22.6 Å². The van der Waals surface area contributed by atoms with Crippen LogP contribution in [0.25, 0.3) is 0 Å². The van der Waals surface area contributed by atoms with Gasteiger partial charge in [0.15, 0.2) is 0 Å². The topological polar surface area (TPSA) is 83.5 Å². The number of aliphatic carboxylic acids is 1. The van der Waals surface area contributed by atoms with E-state index in [4.69, 9.17) is 5.11 Å². The van der Waals surface area contributed by atoms with Gasteiger partial charge < -0.3 is 5.11 Å². The Balaban J connectivity index is 3.20. The molecule has 0 aromatic heterocycles. The molecule has 1 aromatic carbocycles. The first-order chi connectivity index (χ1) is 9.54. The summed E-state index contributed by atoms with van der Waals surface area (Å²) >= 11 is 2.76. The first-order valence-electron chi connectivity index (χ1n) is 5.94. The molecule has 1 atom stereocenters. The largest absolute Gasteiger partial charge is 0.480 e. The van der Waals surface area contributed by atoms with Crippen molar-refractivity contribution < 1.29 is 27.1 Å². The Bertz CT molecular complexity index is 626. The van der Waals surface area contributed by atoms with E-state index in [1.54, 1.807) is 13.8 Å². The van der Waals surface area contributed by atoms with Crippen LogP contribution in [-0.2, 0) is 14.8 Å². The highest BCUT2D eigenvalue weighted by atomic mass is 79.9. The Morgan fingerprint density at radius 2 is 1.95 bits per heavy atom. The van der Waals surface area contributed by atoms with E-state index in [9.17, 15) is 22.0 Å². The molecule has 0 amide bonds. The Labute approximate surface area is 129 Å². The van der Waals surface area contributed by atoms with Crippen molar-refractivity contribution in [2.24, 2.45) is 5.92 Å². The SMILES string of the molecule is CC(C)C[C@@H](NS(=O)(=O)c1c(F)cc(F)cc1Br)C(=O)O. The summed E-state index contributed by atoms with van der Waals surface area (Å²) in [7, 11) is -4.45. The first kappa shape index (κ1) is 18.0. The van der Waals surface area contributed by atoms with Crippen LogP contribution < -0.4 is 4.72 Å². The normalized spacial score (nSPS) is 13.4. The van der Waals surface area contributed by atoms with Crippen LogP contribution in [0, 0.1) is 17.6 Å². The minimum atomic E-state index is -4.45. The van der Waals surface area contributed by atoms with E-state index in [1.807, 2.05) is 4.72 Å². The van der Waals surface area contributed by atoms with E-state index >= 15 is 0 Å². The minimum absolute atomic E-state index is 0.0367. The lowest BCUT2D eigenvalue weighted by molar-refractivity contribution is -0.139. The highest BCUT2D eigenvalue weighted by Gasteiger charge is 2.30. The number of hydrogen-bond acceptors (Lipinski definition) is 3. The maximum atomic E-state index is 13.7. The van der Waals surface area contributed by atoms with Crippen LogP contribution >= 0.6 is 15.9 Å². The number of nitrogens with one attached hydrogen (secondary N) is 1. The Kier molecular flexibility index (Phi) is 5.83. The highest BCUT2D eigenvalue weighted by molar-refractivity contribution is 9.10. The molecule has 0 aliphatic heterocycles. The van der Waals surface area contributed by atoms with E-state index in [1.165, 1.54) is 0 Å². The summed E-state index contributed by atoms with van der Waals surface area (Å²) in [5.74, 6) is -3.71. The van der Waals surface area contributed by atoms with Crippen LogP contribution in [0.1, 0.15) is 20.3 Å². The van der Waals surface area contributed by atoms with Crippen LogP contribution in [-0.4, -0.2) is 25.5 Å². The van der Waals surface area contributed by atoms with Gasteiger partial charge in [-0.2, -0.15) is 4.72 Å². The molecule has 0 aliphatic rings. The third kappa shape index (κ3) is 4.72. The summed E-state index contributed by atoms with van der Waals surface area (Å²) in [6.45, 7) is 3.44. The molecule has 2 N–H and O–H groups in total. The van der Waals surface area contributed by atoms with Gasteiger partial charge in [-0.1, -0.05) is 13.8 Å². The second-order valence-electron chi connectivity index (χ2n) is 4.84. The minimum Gasteiger partial charge on any atom is -0.480 e. The van der Waals surface area contributed by atoms with Gasteiger partial charge in [-0.3, -0.25) is 4.79 Å². The van der Waals surface area contributed by atoms with Gasteiger partial charge in [0.25, 0.3) is 0 Å². The molecular formula is C12H14BrF2NO4S. The monoisotopic (exact) mass is 385 g/mol. The van der Waals surface area contributed by atoms with Crippen molar-refractivity contribution >= 4 is 31.9 Å². The predicted octanol–water partition coefficient (Wildman–Crippen LogP) is 2.50. The lowest BCUT2D eigenvalue weighted by atomic mass is 10.1. The van der Waals surface area contributed by atoms with Crippen LogP contribution in [0.4, 0.5) is 8.78 Å². The summed E-state index contributed by atoms with van der Waals surface area (Å²) in [6, 6.07) is -0.195. The zero-order chi connectivity index (χ0) is 16.4. The Morgan fingerprint density at radius 1 is 1.38 bits per heavy atom. The van der Waals surface area contributed by atoms with Crippen LogP contribution in [0.3, 0.4) is 0 Å². The van der Waals surface area contributed by atoms with Crippen molar-refractivity contribution in [2.45, 2.75) is 31.2 Å². The molecule has 0 saturated carbocycles. The zero-order valence-corrected chi connectivity index (χ0v) is 13.6. The standard InChI is InChI=1S/C12H14BrF2NO4S/c1-6(2)3-10(12(17)18)16-21(19,20)11-8(13)4-7(14)5-9(11)15/h4-6,10,16H,3H2,1-2H3,(H,17,18)/t10-/m1/s1. The number of carbonyl (C=O) groups is 1. The van der Waals surface area contributed by atoms with Crippen molar-refractivity contribution in [1.29, 1.82) is 0 Å². The Hall–Kier alpha value is -1.06. The molecule has 0 fully saturated rings. The van der Waals surface area contributed by atoms with Crippen LogP contribution in [0.5, 0.6) is 0 Å². The third-order valence-corrected chi connectivity index (χ3v) is 4.97. The molecule has 118 valence electrons. The molecule has 0 saturated heterocycles. The second-order valence-corrected chi connectivity index (χ2v) is 7.35. The molecule has 0 unspecified atom stereocenters. The van der Waals surface area contributed by atoms with E-state index in [-0.39, 0.29) is 16.8 Å². The molecule has 21 heavy (non-hydrogen) atoms. The average Bonchev–Trinajstić information content (AvgIpc) is 2.24. The van der Waals surface area contributed by atoms with E-state index in [2.05, 4.69) is 15.9 Å². The van der Waals surface area contributed by atoms with E-state index < -0.39 is 38.6 Å². The van der Waals surface area contributed by atoms with Crippen LogP contribution in [0.15, 0.2) is 21.5 Å². The summed E-state index contributed by atoms with van der Waals surface area (Å²) in [4.78, 5) is 10.3. The zero-order valence-electron chi connectivity index (χ0n) is 11.2. The molecule has 0 spiro atoms. The lowest BCUT2D eigenvalue weighted by Crippen LogP contribution is -2.41. The third-order valence-electron chi connectivity index (χ3n) is 2.53. The van der Waals surface area contributed by atoms with Gasteiger partial charge in [0.2, 0.25) is 10.0 Å². The van der Waals surface area contributed by atoms with Gasteiger partial charge in [-0.25, -0.2) is 17.2 Å². The molecule has 9 heteroatoms.